The summed E-state index contributed by atoms with van der Waals surface area (Å²) in [4.78, 5) is 14.4. The number of hydrogen-bond acceptors (Lipinski definition) is 5. The summed E-state index contributed by atoms with van der Waals surface area (Å²) in [7, 11) is -3.29. The molecule has 0 radical (unpaired) electrons. The van der Waals surface area contributed by atoms with E-state index >= 15 is 0 Å². The molecule has 1 fully saturated rings. The van der Waals surface area contributed by atoms with Gasteiger partial charge >= 0.3 is 6.09 Å². The molecule has 1 N–H and O–H groups in total. The zero-order valence-corrected chi connectivity index (χ0v) is 16.7. The predicted molar refractivity (Wildman–Crippen MR) is 102 cm³/mol. The number of alkyl carbamates (subject to hydrolysis) is 1. The van der Waals surface area contributed by atoms with Crippen molar-refractivity contribution in [3.05, 3.63) is 30.3 Å². The number of rotatable bonds is 6. The fourth-order valence-corrected chi connectivity index (χ4v) is 4.37. The predicted octanol–water partition coefficient (Wildman–Crippen LogP) is 2.84. The third-order valence-electron chi connectivity index (χ3n) is 4.38. The first-order valence-corrected chi connectivity index (χ1v) is 10.8. The number of hydrogen-bond donors (Lipinski definition) is 1. The highest BCUT2D eigenvalue weighted by Crippen LogP contribution is 2.18. The van der Waals surface area contributed by atoms with Gasteiger partial charge in [-0.3, -0.25) is 4.90 Å². The molecule has 1 aliphatic rings. The molecule has 1 aromatic rings. The van der Waals surface area contributed by atoms with Crippen LogP contribution in [0.15, 0.2) is 35.2 Å². The number of sulfone groups is 1. The quantitative estimate of drug-likeness (QED) is 0.819. The molecular formula is C19H30N2O4S. The lowest BCUT2D eigenvalue weighted by Crippen LogP contribution is -2.48. The number of carbonyl (C=O) groups excluding carboxylic acids is 1. The van der Waals surface area contributed by atoms with Crippen molar-refractivity contribution in [3.8, 4) is 0 Å². The fraction of sp³-hybridized carbons (Fsp3) is 0.632. The molecule has 26 heavy (non-hydrogen) atoms. The first-order chi connectivity index (χ1) is 12.2. The molecule has 1 unspecified atom stereocenters. The Kier molecular flexibility index (Phi) is 7.06. The Labute approximate surface area is 156 Å². The van der Waals surface area contributed by atoms with Crippen LogP contribution >= 0.6 is 0 Å². The van der Waals surface area contributed by atoms with Gasteiger partial charge in [0, 0.05) is 19.1 Å². The van der Waals surface area contributed by atoms with Gasteiger partial charge in [0.1, 0.15) is 5.60 Å². The van der Waals surface area contributed by atoms with Crippen LogP contribution in [0.2, 0.25) is 0 Å². The van der Waals surface area contributed by atoms with Crippen LogP contribution in [0.1, 0.15) is 40.0 Å². The van der Waals surface area contributed by atoms with E-state index in [9.17, 15) is 13.2 Å². The molecule has 1 atom stereocenters. The van der Waals surface area contributed by atoms with Gasteiger partial charge in [-0.1, -0.05) is 24.6 Å². The van der Waals surface area contributed by atoms with Gasteiger partial charge in [0.15, 0.2) is 9.84 Å². The van der Waals surface area contributed by atoms with E-state index in [0.29, 0.717) is 18.0 Å². The second kappa shape index (κ2) is 8.86. The van der Waals surface area contributed by atoms with Crippen LogP contribution in [-0.4, -0.2) is 56.4 Å². The number of piperidine rings is 1. The Morgan fingerprint density at radius 2 is 1.92 bits per heavy atom. The van der Waals surface area contributed by atoms with E-state index in [2.05, 4.69) is 10.2 Å². The largest absolute Gasteiger partial charge is 0.444 e. The molecule has 1 saturated heterocycles. The molecule has 0 spiro atoms. The summed E-state index contributed by atoms with van der Waals surface area (Å²) in [6, 6.07) is 8.69. The molecule has 6 nitrogen and oxygen atoms in total. The number of nitrogens with one attached hydrogen (secondary N) is 1. The van der Waals surface area contributed by atoms with E-state index in [4.69, 9.17) is 4.74 Å². The maximum atomic E-state index is 12.5. The summed E-state index contributed by atoms with van der Waals surface area (Å²) in [5, 5.41) is 2.82. The van der Waals surface area contributed by atoms with Gasteiger partial charge in [0.25, 0.3) is 0 Å². The molecule has 2 rings (SSSR count). The molecule has 1 aromatic carbocycles. The van der Waals surface area contributed by atoms with Gasteiger partial charge in [-0.25, -0.2) is 13.2 Å². The monoisotopic (exact) mass is 382 g/mol. The number of likely N-dealkylation sites (tertiary alicyclic amines) is 1. The van der Waals surface area contributed by atoms with Crippen molar-refractivity contribution in [2.24, 2.45) is 0 Å². The second-order valence-corrected chi connectivity index (χ2v) is 9.81. The molecule has 0 aliphatic carbocycles. The highest BCUT2D eigenvalue weighted by atomic mass is 32.2. The second-order valence-electron chi connectivity index (χ2n) is 7.70. The summed E-state index contributed by atoms with van der Waals surface area (Å²) in [6.45, 7) is 7.28. The van der Waals surface area contributed by atoms with Crippen molar-refractivity contribution in [2.75, 3.05) is 25.4 Å². The van der Waals surface area contributed by atoms with Gasteiger partial charge < -0.3 is 10.1 Å². The maximum Gasteiger partial charge on any atom is 0.407 e. The first-order valence-electron chi connectivity index (χ1n) is 9.16. The topological polar surface area (TPSA) is 75.7 Å². The third-order valence-corrected chi connectivity index (χ3v) is 6.09. The van der Waals surface area contributed by atoms with Gasteiger partial charge in [-0.05, 0) is 52.3 Å². The van der Waals surface area contributed by atoms with Crippen LogP contribution in [0.25, 0.3) is 0 Å². The lowest BCUT2D eigenvalue weighted by atomic mass is 10.0. The van der Waals surface area contributed by atoms with Crippen LogP contribution in [-0.2, 0) is 14.6 Å². The zero-order chi connectivity index (χ0) is 19.2. The fourth-order valence-electron chi connectivity index (χ4n) is 3.08. The van der Waals surface area contributed by atoms with Crippen molar-refractivity contribution in [1.82, 2.24) is 10.2 Å². The summed E-state index contributed by atoms with van der Waals surface area (Å²) in [6.07, 6.45) is 2.65. The van der Waals surface area contributed by atoms with Crippen molar-refractivity contribution < 1.29 is 17.9 Å². The lowest BCUT2D eigenvalue weighted by Gasteiger charge is -2.35. The van der Waals surface area contributed by atoms with E-state index in [-0.39, 0.29) is 11.8 Å². The molecule has 0 aromatic heterocycles. The summed E-state index contributed by atoms with van der Waals surface area (Å²) in [5.41, 5.74) is -0.528. The minimum atomic E-state index is -3.29. The molecule has 0 saturated carbocycles. The van der Waals surface area contributed by atoms with Crippen LogP contribution < -0.4 is 5.32 Å². The molecule has 146 valence electrons. The van der Waals surface area contributed by atoms with Gasteiger partial charge in [0.05, 0.1) is 10.6 Å². The molecular weight excluding hydrogens is 352 g/mol. The van der Waals surface area contributed by atoms with E-state index < -0.39 is 21.5 Å². The number of ether oxygens (including phenoxy) is 1. The SMILES string of the molecule is CC(C)(C)OC(=O)NCC1CCCCN1CCS(=O)(=O)c1ccccc1. The Hall–Kier alpha value is -1.60. The van der Waals surface area contributed by atoms with Gasteiger partial charge in [0.2, 0.25) is 0 Å². The number of benzene rings is 1. The molecule has 1 aliphatic heterocycles. The lowest BCUT2D eigenvalue weighted by molar-refractivity contribution is 0.0497. The molecule has 1 heterocycles. The Morgan fingerprint density at radius 1 is 1.23 bits per heavy atom. The van der Waals surface area contributed by atoms with E-state index in [0.717, 1.165) is 25.8 Å². The average molecular weight is 383 g/mol. The minimum Gasteiger partial charge on any atom is -0.444 e. The number of carbonyl (C=O) groups is 1. The van der Waals surface area contributed by atoms with Crippen molar-refractivity contribution in [2.45, 2.75) is 56.6 Å². The summed E-state index contributed by atoms with van der Waals surface area (Å²) in [5.74, 6) is 0.0833. The van der Waals surface area contributed by atoms with E-state index in [1.54, 1.807) is 24.3 Å². The number of nitrogens with zero attached hydrogens (tertiary/aromatic N) is 1. The zero-order valence-electron chi connectivity index (χ0n) is 15.9. The van der Waals surface area contributed by atoms with Crippen molar-refractivity contribution >= 4 is 15.9 Å². The Bertz CT molecular complexity index is 683. The third kappa shape index (κ3) is 6.61. The van der Waals surface area contributed by atoms with E-state index in [1.807, 2.05) is 26.8 Å². The minimum absolute atomic E-state index is 0.0833. The van der Waals surface area contributed by atoms with Crippen molar-refractivity contribution in [3.63, 3.8) is 0 Å². The summed E-state index contributed by atoms with van der Waals surface area (Å²) >= 11 is 0. The van der Waals surface area contributed by atoms with Crippen LogP contribution in [0, 0.1) is 0 Å². The van der Waals surface area contributed by atoms with Crippen molar-refractivity contribution in [1.29, 1.82) is 0 Å². The standard InChI is InChI=1S/C19H30N2O4S/c1-19(2,3)25-18(22)20-15-16-9-7-8-12-21(16)13-14-26(23,24)17-10-5-4-6-11-17/h4-6,10-11,16H,7-9,12-15H2,1-3H3,(H,20,22). The molecule has 7 heteroatoms. The number of amides is 1. The normalized spacial score (nSPS) is 19.1. The summed E-state index contributed by atoms with van der Waals surface area (Å²) < 4.78 is 30.2. The maximum absolute atomic E-state index is 12.5. The Balaban J connectivity index is 1.89. The molecule has 0 bridgehead atoms. The van der Waals surface area contributed by atoms with Crippen LogP contribution in [0.5, 0.6) is 0 Å². The average Bonchev–Trinajstić information content (AvgIpc) is 2.58. The molecule has 1 amide bonds. The van der Waals surface area contributed by atoms with Gasteiger partial charge in [-0.15, -0.1) is 0 Å². The smallest absolute Gasteiger partial charge is 0.407 e. The van der Waals surface area contributed by atoms with E-state index in [1.165, 1.54) is 0 Å². The highest BCUT2D eigenvalue weighted by molar-refractivity contribution is 7.91. The Morgan fingerprint density at radius 3 is 2.58 bits per heavy atom. The highest BCUT2D eigenvalue weighted by Gasteiger charge is 2.26. The first kappa shape index (κ1) is 20.7. The van der Waals surface area contributed by atoms with Gasteiger partial charge in [-0.2, -0.15) is 0 Å². The van der Waals surface area contributed by atoms with Crippen LogP contribution in [0.3, 0.4) is 0 Å². The van der Waals surface area contributed by atoms with Crippen LogP contribution in [0.4, 0.5) is 4.79 Å².